The van der Waals surface area contributed by atoms with Crippen LogP contribution in [-0.4, -0.2) is 14.5 Å². The van der Waals surface area contributed by atoms with E-state index < -0.39 is 0 Å². The molecule has 0 bridgehead atoms. The van der Waals surface area contributed by atoms with Crippen LogP contribution in [0.1, 0.15) is 25.0 Å². The normalized spacial score (nSPS) is 13.1. The third-order valence-electron chi connectivity index (χ3n) is 11.6. The maximum Gasteiger partial charge on any atom is 0.161 e. The fourth-order valence-corrected chi connectivity index (χ4v) is 8.89. The minimum atomic E-state index is -0.145. The molecule has 0 unspecified atom stereocenters. The molecule has 0 fully saturated rings. The van der Waals surface area contributed by atoms with Gasteiger partial charge in [0.1, 0.15) is 0 Å². The molecule has 0 N–H and O–H groups in total. The van der Waals surface area contributed by atoms with Crippen LogP contribution in [0.4, 0.5) is 0 Å². The highest BCUT2D eigenvalue weighted by Gasteiger charge is 2.37. The third-order valence-corrected chi connectivity index (χ3v) is 11.6. The summed E-state index contributed by atoms with van der Waals surface area (Å²) in [5.41, 5.74) is 13.8. The van der Waals surface area contributed by atoms with Gasteiger partial charge in [-0.25, -0.2) is 9.97 Å². The molecule has 2 aromatic heterocycles. The molecule has 0 aliphatic heterocycles. The standard InChI is InChI=1S/C51H35N3/c1-51(2)43-28-35-20-10-9-19-34(35)27-40(43)41-29-42-38-23-13-14-24-47(38)54(49(42)30-44(41)51)48-26-25-39(36-21-11-12-22-37(36)48)50-52-45(32-15-5-3-6-16-32)31-46(53-50)33-17-7-4-8-18-33/h3-31H,1-2H3. The summed E-state index contributed by atoms with van der Waals surface area (Å²) in [6.45, 7) is 4.76. The van der Waals surface area contributed by atoms with Crippen LogP contribution >= 0.6 is 0 Å². The Balaban J connectivity index is 1.15. The van der Waals surface area contributed by atoms with Gasteiger partial charge in [-0.2, -0.15) is 0 Å². The van der Waals surface area contributed by atoms with Crippen molar-refractivity contribution in [2.75, 3.05) is 0 Å². The molecule has 254 valence electrons. The molecular formula is C51H35N3. The van der Waals surface area contributed by atoms with Gasteiger partial charge in [0.25, 0.3) is 0 Å². The smallest absolute Gasteiger partial charge is 0.161 e. The van der Waals surface area contributed by atoms with Crippen LogP contribution < -0.4 is 0 Å². The Hall–Kier alpha value is -6.84. The molecule has 3 heteroatoms. The van der Waals surface area contributed by atoms with Gasteiger partial charge in [-0.05, 0) is 86.9 Å². The number of fused-ring (bicyclic) bond motifs is 8. The molecule has 0 amide bonds. The van der Waals surface area contributed by atoms with Crippen LogP contribution in [0.25, 0.3) is 94.1 Å². The summed E-state index contributed by atoms with van der Waals surface area (Å²) in [6.07, 6.45) is 0. The van der Waals surface area contributed by atoms with Crippen molar-refractivity contribution in [3.8, 4) is 50.7 Å². The van der Waals surface area contributed by atoms with Gasteiger partial charge in [0, 0.05) is 38.3 Å². The number of aromatic nitrogens is 3. The molecule has 0 radical (unpaired) electrons. The Kier molecular flexibility index (Phi) is 6.60. The number of para-hydroxylation sites is 1. The Labute approximate surface area is 313 Å². The van der Waals surface area contributed by atoms with Crippen molar-refractivity contribution in [3.05, 3.63) is 187 Å². The number of hydrogen-bond acceptors (Lipinski definition) is 2. The zero-order chi connectivity index (χ0) is 36.0. The summed E-state index contributed by atoms with van der Waals surface area (Å²) in [7, 11) is 0. The molecule has 54 heavy (non-hydrogen) atoms. The summed E-state index contributed by atoms with van der Waals surface area (Å²) in [5, 5.41) is 7.36. The van der Waals surface area contributed by atoms with Crippen molar-refractivity contribution in [2.45, 2.75) is 19.3 Å². The van der Waals surface area contributed by atoms with Crippen LogP contribution in [0.2, 0.25) is 0 Å². The van der Waals surface area contributed by atoms with Crippen molar-refractivity contribution in [1.29, 1.82) is 0 Å². The first-order chi connectivity index (χ1) is 26.5. The molecule has 0 saturated heterocycles. The Morgan fingerprint density at radius 1 is 0.407 bits per heavy atom. The number of hydrogen-bond donors (Lipinski definition) is 0. The Bertz CT molecular complexity index is 3060. The lowest BCUT2D eigenvalue weighted by molar-refractivity contribution is 0.662. The first-order valence-corrected chi connectivity index (χ1v) is 18.7. The second-order valence-corrected chi connectivity index (χ2v) is 15.0. The maximum absolute atomic E-state index is 5.22. The number of benzene rings is 8. The topological polar surface area (TPSA) is 30.7 Å². The lowest BCUT2D eigenvalue weighted by atomic mass is 9.81. The molecule has 0 atom stereocenters. The highest BCUT2D eigenvalue weighted by molar-refractivity contribution is 6.13. The minimum absolute atomic E-state index is 0.145. The van der Waals surface area contributed by atoms with Crippen molar-refractivity contribution >= 4 is 43.4 Å². The highest BCUT2D eigenvalue weighted by atomic mass is 15.0. The van der Waals surface area contributed by atoms with Gasteiger partial charge in [-0.3, -0.25) is 0 Å². The van der Waals surface area contributed by atoms with E-state index in [2.05, 4.69) is 182 Å². The Morgan fingerprint density at radius 3 is 1.67 bits per heavy atom. The lowest BCUT2D eigenvalue weighted by Gasteiger charge is -2.22. The highest BCUT2D eigenvalue weighted by Crippen LogP contribution is 2.52. The van der Waals surface area contributed by atoms with E-state index >= 15 is 0 Å². The van der Waals surface area contributed by atoms with E-state index in [1.165, 1.54) is 54.8 Å². The largest absolute Gasteiger partial charge is 0.309 e. The monoisotopic (exact) mass is 689 g/mol. The molecule has 2 heterocycles. The first-order valence-electron chi connectivity index (χ1n) is 18.7. The van der Waals surface area contributed by atoms with Crippen LogP contribution in [-0.2, 0) is 5.41 Å². The fourth-order valence-electron chi connectivity index (χ4n) is 8.89. The molecule has 3 nitrogen and oxygen atoms in total. The predicted octanol–water partition coefficient (Wildman–Crippen LogP) is 13.2. The SMILES string of the molecule is CC1(C)c2cc3ccccc3cc2-c2cc3c4ccccc4n(-c4ccc(-c5nc(-c6ccccc6)cc(-c6ccccc6)n5)c5ccccc45)c3cc21. The van der Waals surface area contributed by atoms with Crippen LogP contribution in [0, 0.1) is 0 Å². The van der Waals surface area contributed by atoms with Crippen LogP contribution in [0.5, 0.6) is 0 Å². The molecular weight excluding hydrogens is 655 g/mol. The van der Waals surface area contributed by atoms with E-state index in [1.807, 2.05) is 12.1 Å². The molecule has 0 spiro atoms. The van der Waals surface area contributed by atoms with Crippen molar-refractivity contribution in [2.24, 2.45) is 0 Å². The summed E-state index contributed by atoms with van der Waals surface area (Å²) < 4.78 is 2.48. The van der Waals surface area contributed by atoms with Crippen molar-refractivity contribution < 1.29 is 0 Å². The van der Waals surface area contributed by atoms with E-state index in [1.54, 1.807) is 0 Å². The lowest BCUT2D eigenvalue weighted by Crippen LogP contribution is -2.15. The predicted molar refractivity (Wildman–Crippen MR) is 225 cm³/mol. The average Bonchev–Trinajstić information content (AvgIpc) is 3.66. The van der Waals surface area contributed by atoms with Crippen LogP contribution in [0.3, 0.4) is 0 Å². The molecule has 0 saturated carbocycles. The molecule has 10 aromatic rings. The van der Waals surface area contributed by atoms with Gasteiger partial charge in [0.15, 0.2) is 5.82 Å². The van der Waals surface area contributed by atoms with Gasteiger partial charge >= 0.3 is 0 Å². The van der Waals surface area contributed by atoms with Gasteiger partial charge in [0.05, 0.1) is 28.1 Å². The third kappa shape index (κ3) is 4.55. The maximum atomic E-state index is 5.22. The zero-order valence-corrected chi connectivity index (χ0v) is 30.1. The summed E-state index contributed by atoms with van der Waals surface area (Å²) >= 11 is 0. The van der Waals surface area contributed by atoms with Crippen LogP contribution in [0.15, 0.2) is 176 Å². The second-order valence-electron chi connectivity index (χ2n) is 15.0. The Morgan fingerprint density at radius 2 is 0.963 bits per heavy atom. The van der Waals surface area contributed by atoms with E-state index in [9.17, 15) is 0 Å². The summed E-state index contributed by atoms with van der Waals surface area (Å²) in [6, 6.07) is 63.4. The van der Waals surface area contributed by atoms with E-state index in [4.69, 9.17) is 9.97 Å². The summed E-state index contributed by atoms with van der Waals surface area (Å²) in [4.78, 5) is 10.4. The molecule has 1 aliphatic carbocycles. The number of nitrogens with zero attached hydrogens (tertiary/aromatic N) is 3. The average molecular weight is 690 g/mol. The zero-order valence-electron chi connectivity index (χ0n) is 30.1. The van der Waals surface area contributed by atoms with Gasteiger partial charge < -0.3 is 4.57 Å². The van der Waals surface area contributed by atoms with Crippen molar-refractivity contribution in [1.82, 2.24) is 14.5 Å². The van der Waals surface area contributed by atoms with Gasteiger partial charge in [0.2, 0.25) is 0 Å². The van der Waals surface area contributed by atoms with E-state index in [0.29, 0.717) is 5.82 Å². The fraction of sp³-hybridized carbons (Fsp3) is 0.0588. The van der Waals surface area contributed by atoms with E-state index in [-0.39, 0.29) is 5.41 Å². The quantitative estimate of drug-likeness (QED) is 0.184. The molecule has 8 aromatic carbocycles. The molecule has 11 rings (SSSR count). The first kappa shape index (κ1) is 30.8. The van der Waals surface area contributed by atoms with Gasteiger partial charge in [-0.1, -0.05) is 141 Å². The van der Waals surface area contributed by atoms with E-state index in [0.717, 1.165) is 44.5 Å². The summed E-state index contributed by atoms with van der Waals surface area (Å²) in [5.74, 6) is 0.713. The number of rotatable bonds is 4. The minimum Gasteiger partial charge on any atom is -0.309 e. The second kappa shape index (κ2) is 11.6. The molecule has 1 aliphatic rings. The van der Waals surface area contributed by atoms with Crippen molar-refractivity contribution in [3.63, 3.8) is 0 Å². The van der Waals surface area contributed by atoms with Gasteiger partial charge in [-0.15, -0.1) is 0 Å².